The Labute approximate surface area is 207 Å². The summed E-state index contributed by atoms with van der Waals surface area (Å²) in [5.41, 5.74) is 4.78. The standard InChI is InChI=1S/C23H15Cl3F3N3O2/c24-14-5-4-12(9-13(14)21(33)32-16-7-6-15(28)20(30)19(16)29)31-22(34)18-17(23(18,25)26)10-2-1-3-11(27)8-10/h1-9,17-18H,30H2,(H,31,34)(H,32,33). The molecular formula is C23H15Cl3F3N3O2. The minimum Gasteiger partial charge on any atom is -0.394 e. The summed E-state index contributed by atoms with van der Waals surface area (Å²) in [4.78, 5) is 25.5. The van der Waals surface area contributed by atoms with Gasteiger partial charge in [-0.3, -0.25) is 9.59 Å². The van der Waals surface area contributed by atoms with Gasteiger partial charge in [0.2, 0.25) is 5.91 Å². The van der Waals surface area contributed by atoms with Crippen LogP contribution in [0.15, 0.2) is 54.6 Å². The van der Waals surface area contributed by atoms with E-state index in [0.717, 1.165) is 12.1 Å². The zero-order valence-corrected chi connectivity index (χ0v) is 19.3. The van der Waals surface area contributed by atoms with Crippen LogP contribution >= 0.6 is 34.8 Å². The number of carbonyl (C=O) groups excluding carboxylic acids is 2. The molecule has 0 bridgehead atoms. The third kappa shape index (κ3) is 4.53. The van der Waals surface area contributed by atoms with Crippen LogP contribution in [0.1, 0.15) is 21.8 Å². The van der Waals surface area contributed by atoms with Gasteiger partial charge in [0.1, 0.15) is 21.7 Å². The maximum atomic E-state index is 14.1. The van der Waals surface area contributed by atoms with Crippen LogP contribution in [0, 0.1) is 23.4 Å². The van der Waals surface area contributed by atoms with Gasteiger partial charge in [-0.2, -0.15) is 0 Å². The van der Waals surface area contributed by atoms with Crippen LogP contribution in [0.25, 0.3) is 0 Å². The van der Waals surface area contributed by atoms with Gasteiger partial charge >= 0.3 is 0 Å². The van der Waals surface area contributed by atoms with Gasteiger partial charge in [-0.25, -0.2) is 13.2 Å². The van der Waals surface area contributed by atoms with E-state index in [1.54, 1.807) is 6.07 Å². The number of alkyl halides is 2. The Morgan fingerprint density at radius 3 is 2.41 bits per heavy atom. The normalized spacial score (nSPS) is 18.3. The second-order valence-corrected chi connectivity index (χ2v) is 9.50. The van der Waals surface area contributed by atoms with Gasteiger partial charge in [-0.15, -0.1) is 23.2 Å². The van der Waals surface area contributed by atoms with Gasteiger partial charge in [0, 0.05) is 11.6 Å². The Morgan fingerprint density at radius 2 is 1.71 bits per heavy atom. The molecule has 11 heteroatoms. The number of benzene rings is 3. The molecule has 4 N–H and O–H groups in total. The molecule has 1 aliphatic rings. The molecule has 1 fully saturated rings. The van der Waals surface area contributed by atoms with Gasteiger partial charge in [0.05, 0.1) is 22.2 Å². The van der Waals surface area contributed by atoms with Gasteiger partial charge in [-0.1, -0.05) is 23.7 Å². The summed E-state index contributed by atoms with van der Waals surface area (Å²) in [5.74, 6) is -5.46. The molecule has 2 amide bonds. The third-order valence-electron chi connectivity index (χ3n) is 5.40. The largest absolute Gasteiger partial charge is 0.394 e. The van der Waals surface area contributed by atoms with E-state index in [-0.39, 0.29) is 22.0 Å². The van der Waals surface area contributed by atoms with Crippen molar-refractivity contribution in [2.24, 2.45) is 5.92 Å². The number of rotatable bonds is 5. The molecule has 34 heavy (non-hydrogen) atoms. The fourth-order valence-corrected chi connectivity index (χ4v) is 4.65. The maximum Gasteiger partial charge on any atom is 0.257 e. The first kappa shape index (κ1) is 24.2. The molecule has 2 atom stereocenters. The molecule has 4 rings (SSSR count). The first-order valence-electron chi connectivity index (χ1n) is 9.79. The number of carbonyl (C=O) groups is 2. The number of halogens is 6. The third-order valence-corrected chi connectivity index (χ3v) is 6.67. The second kappa shape index (κ2) is 9.02. The van der Waals surface area contributed by atoms with Crippen LogP contribution < -0.4 is 16.4 Å². The van der Waals surface area contributed by atoms with E-state index in [2.05, 4.69) is 10.6 Å². The number of nitrogens with two attached hydrogens (primary N) is 1. The highest BCUT2D eigenvalue weighted by Gasteiger charge is 2.67. The molecule has 5 nitrogen and oxygen atoms in total. The van der Waals surface area contributed by atoms with Crippen molar-refractivity contribution in [3.8, 4) is 0 Å². The van der Waals surface area contributed by atoms with Crippen molar-refractivity contribution in [1.29, 1.82) is 0 Å². The Morgan fingerprint density at radius 1 is 0.971 bits per heavy atom. The predicted molar refractivity (Wildman–Crippen MR) is 126 cm³/mol. The lowest BCUT2D eigenvalue weighted by atomic mass is 10.1. The smallest absolute Gasteiger partial charge is 0.257 e. The van der Waals surface area contributed by atoms with E-state index in [1.807, 2.05) is 0 Å². The summed E-state index contributed by atoms with van der Waals surface area (Å²) in [6.07, 6.45) is 0. The minimum atomic E-state index is -1.44. The van der Waals surface area contributed by atoms with Crippen molar-refractivity contribution in [3.05, 3.63) is 88.2 Å². The number of nitrogen functional groups attached to an aromatic ring is 1. The first-order chi connectivity index (χ1) is 16.0. The highest BCUT2D eigenvalue weighted by Crippen LogP contribution is 2.65. The molecule has 0 saturated heterocycles. The topological polar surface area (TPSA) is 84.2 Å². The summed E-state index contributed by atoms with van der Waals surface area (Å²) < 4.78 is 39.6. The van der Waals surface area contributed by atoms with Gasteiger partial charge < -0.3 is 16.4 Å². The molecule has 3 aromatic carbocycles. The number of hydrogen-bond acceptors (Lipinski definition) is 3. The fraction of sp³-hybridized carbons (Fsp3) is 0.130. The maximum absolute atomic E-state index is 14.1. The molecule has 0 spiro atoms. The van der Waals surface area contributed by atoms with Crippen LogP contribution in [0.4, 0.5) is 30.2 Å². The van der Waals surface area contributed by atoms with Crippen molar-refractivity contribution in [3.63, 3.8) is 0 Å². The zero-order valence-electron chi connectivity index (χ0n) is 17.0. The SMILES string of the molecule is Nc1c(F)ccc(NC(=O)c2cc(NC(=O)C3C(c4cccc(F)c4)C3(Cl)Cl)ccc2Cl)c1F. The minimum absolute atomic E-state index is 0.0130. The van der Waals surface area contributed by atoms with E-state index < -0.39 is 51.1 Å². The number of anilines is 3. The van der Waals surface area contributed by atoms with Gasteiger partial charge in [0.15, 0.2) is 5.82 Å². The Hall–Kier alpha value is -2.94. The lowest BCUT2D eigenvalue weighted by molar-refractivity contribution is -0.117. The number of hydrogen-bond donors (Lipinski definition) is 3. The van der Waals surface area contributed by atoms with E-state index in [1.165, 1.54) is 36.4 Å². The monoisotopic (exact) mass is 527 g/mol. The Bertz CT molecular complexity index is 1320. The van der Waals surface area contributed by atoms with E-state index in [9.17, 15) is 22.8 Å². The van der Waals surface area contributed by atoms with Crippen molar-refractivity contribution < 1.29 is 22.8 Å². The van der Waals surface area contributed by atoms with Crippen LogP contribution in [-0.4, -0.2) is 16.1 Å². The summed E-state index contributed by atoms with van der Waals surface area (Å²) in [5, 5.41) is 4.88. The van der Waals surface area contributed by atoms with Crippen molar-refractivity contribution >= 4 is 63.7 Å². The number of nitrogens with one attached hydrogen (secondary N) is 2. The predicted octanol–water partition coefficient (Wildman–Crippen LogP) is 6.12. The highest BCUT2D eigenvalue weighted by atomic mass is 35.5. The summed E-state index contributed by atoms with van der Waals surface area (Å²) in [6, 6.07) is 11.6. The second-order valence-electron chi connectivity index (χ2n) is 7.65. The van der Waals surface area contributed by atoms with Gasteiger partial charge in [0.25, 0.3) is 5.91 Å². The Kier molecular flexibility index (Phi) is 6.42. The molecule has 1 saturated carbocycles. The molecule has 0 radical (unpaired) electrons. The van der Waals surface area contributed by atoms with Crippen LogP contribution in [0.3, 0.4) is 0 Å². The van der Waals surface area contributed by atoms with E-state index >= 15 is 0 Å². The van der Waals surface area contributed by atoms with Crippen molar-refractivity contribution in [2.45, 2.75) is 10.3 Å². The van der Waals surface area contributed by atoms with E-state index in [4.69, 9.17) is 40.5 Å². The van der Waals surface area contributed by atoms with Crippen LogP contribution in [0.2, 0.25) is 5.02 Å². The Balaban J connectivity index is 1.52. The van der Waals surface area contributed by atoms with Crippen LogP contribution in [0.5, 0.6) is 0 Å². The van der Waals surface area contributed by atoms with Crippen LogP contribution in [-0.2, 0) is 4.79 Å². The van der Waals surface area contributed by atoms with Crippen molar-refractivity contribution in [2.75, 3.05) is 16.4 Å². The quantitative estimate of drug-likeness (QED) is 0.276. The van der Waals surface area contributed by atoms with Crippen molar-refractivity contribution in [1.82, 2.24) is 0 Å². The highest BCUT2D eigenvalue weighted by molar-refractivity contribution is 6.53. The lowest BCUT2D eigenvalue weighted by Gasteiger charge is -2.11. The fourth-order valence-electron chi connectivity index (χ4n) is 3.62. The first-order valence-corrected chi connectivity index (χ1v) is 10.9. The summed E-state index contributed by atoms with van der Waals surface area (Å²) in [6.45, 7) is 0. The molecular weight excluding hydrogens is 514 g/mol. The average molecular weight is 529 g/mol. The number of amides is 2. The molecule has 2 unspecified atom stereocenters. The van der Waals surface area contributed by atoms with Gasteiger partial charge in [-0.05, 0) is 48.0 Å². The molecule has 0 aliphatic heterocycles. The summed E-state index contributed by atoms with van der Waals surface area (Å²) >= 11 is 18.7. The average Bonchev–Trinajstić information content (AvgIpc) is 3.37. The summed E-state index contributed by atoms with van der Waals surface area (Å²) in [7, 11) is 0. The molecule has 176 valence electrons. The zero-order chi connectivity index (χ0) is 24.8. The molecule has 3 aromatic rings. The lowest BCUT2D eigenvalue weighted by Crippen LogP contribution is -2.18. The molecule has 0 aromatic heterocycles. The van der Waals surface area contributed by atoms with E-state index in [0.29, 0.717) is 5.56 Å². The molecule has 1 aliphatic carbocycles. The molecule has 0 heterocycles.